The van der Waals surface area contributed by atoms with Gasteiger partial charge < -0.3 is 14.0 Å². The lowest BCUT2D eigenvalue weighted by atomic mass is 9.84. The highest BCUT2D eigenvalue weighted by atomic mass is 16.7. The van der Waals surface area contributed by atoms with Crippen LogP contribution in [0.3, 0.4) is 0 Å². The van der Waals surface area contributed by atoms with Crippen molar-refractivity contribution in [3.8, 4) is 5.88 Å². The Hall–Kier alpha value is -1.07. The second kappa shape index (κ2) is 5.14. The molecule has 2 heterocycles. The van der Waals surface area contributed by atoms with Crippen LogP contribution in [0.5, 0.6) is 5.88 Å². The first-order chi connectivity index (χ1) is 11.5. The summed E-state index contributed by atoms with van der Waals surface area (Å²) >= 11 is 0. The number of ether oxygens (including phenoxy) is 1. The zero-order chi connectivity index (χ0) is 20.2. The zero-order valence-electron chi connectivity index (χ0n) is 18.5. The first-order valence-corrected chi connectivity index (χ1v) is 6.02. The molecule has 1 aliphatic rings. The molecule has 0 bridgehead atoms. The van der Waals surface area contributed by atoms with Crippen molar-refractivity contribution < 1.29 is 23.6 Å². The van der Waals surface area contributed by atoms with E-state index in [1.165, 1.54) is 12.1 Å². The van der Waals surface area contributed by atoms with E-state index in [0.717, 1.165) is 0 Å². The summed E-state index contributed by atoms with van der Waals surface area (Å²) in [6.07, 6.45) is -3.23. The topological polar surface area (TPSA) is 40.6 Å². The van der Waals surface area contributed by atoms with Gasteiger partial charge in [0.05, 0.1) is 26.1 Å². The molecular weight excluding hydrogens is 241 g/mol. The van der Waals surface area contributed by atoms with Crippen LogP contribution in [-0.2, 0) is 9.31 Å². The van der Waals surface area contributed by atoms with Gasteiger partial charge in [-0.3, -0.25) is 0 Å². The average Bonchev–Trinajstić information content (AvgIpc) is 2.66. The Kier molecular flexibility index (Phi) is 2.07. The minimum atomic E-state index is -3.23. The summed E-state index contributed by atoms with van der Waals surface area (Å²) in [6, 6.07) is 4.43. The third kappa shape index (κ3) is 2.93. The molecule has 1 aromatic heterocycles. The van der Waals surface area contributed by atoms with Gasteiger partial charge in [0.25, 0.3) is 0 Å². The van der Waals surface area contributed by atoms with Gasteiger partial charge in [-0.1, -0.05) is 12.9 Å². The minimum absolute atomic E-state index is 0.268. The fourth-order valence-corrected chi connectivity index (χ4v) is 1.66. The van der Waals surface area contributed by atoms with E-state index in [-0.39, 0.29) is 5.88 Å². The fraction of sp³-hybridized carbons (Fsp3) is 0.643. The molecular formula is C14H22BNO3. The van der Waals surface area contributed by atoms with Crippen molar-refractivity contribution in [3.05, 3.63) is 18.2 Å². The molecule has 0 radical (unpaired) electrons. The van der Waals surface area contributed by atoms with E-state index in [9.17, 15) is 0 Å². The molecule has 0 amide bonds. The highest BCUT2D eigenvalue weighted by molar-refractivity contribution is 6.61. The molecule has 0 aromatic carbocycles. The second-order valence-corrected chi connectivity index (χ2v) is 5.32. The first-order valence-electron chi connectivity index (χ1n) is 9.52. The van der Waals surface area contributed by atoms with Gasteiger partial charge in [-0.25, -0.2) is 4.98 Å². The monoisotopic (exact) mass is 270 g/mol. The lowest BCUT2D eigenvalue weighted by Gasteiger charge is -2.32. The Bertz CT molecular complexity index is 663. The lowest BCUT2D eigenvalue weighted by Crippen LogP contribution is -2.41. The molecule has 0 N–H and O–H groups in total. The zero-order valence-corrected chi connectivity index (χ0v) is 11.5. The Balaban J connectivity index is 2.26. The Morgan fingerprint density at radius 2 is 2.00 bits per heavy atom. The molecule has 5 heteroatoms. The third-order valence-corrected chi connectivity index (χ3v) is 3.45. The summed E-state index contributed by atoms with van der Waals surface area (Å²) in [4.78, 5) is 4.10. The van der Waals surface area contributed by atoms with Crippen molar-refractivity contribution in [2.45, 2.75) is 52.1 Å². The minimum Gasteiger partial charge on any atom is -0.478 e. The summed E-state index contributed by atoms with van der Waals surface area (Å²) in [5.74, 6) is -0.268. The maximum absolute atomic E-state index is 7.73. The molecule has 0 spiro atoms. The second-order valence-electron chi connectivity index (χ2n) is 5.32. The molecule has 4 nitrogen and oxygen atoms in total. The summed E-state index contributed by atoms with van der Waals surface area (Å²) < 4.78 is 68.9. The lowest BCUT2D eigenvalue weighted by molar-refractivity contribution is 0.00578. The Morgan fingerprint density at radius 3 is 2.63 bits per heavy atom. The van der Waals surface area contributed by atoms with Gasteiger partial charge in [0.1, 0.15) is 0 Å². The van der Waals surface area contributed by atoms with E-state index in [4.69, 9.17) is 23.6 Å². The van der Waals surface area contributed by atoms with Gasteiger partial charge in [-0.2, -0.15) is 0 Å². The van der Waals surface area contributed by atoms with Gasteiger partial charge in [-0.15, -0.1) is 0 Å². The van der Waals surface area contributed by atoms with Crippen LogP contribution in [0.25, 0.3) is 0 Å². The molecule has 0 saturated carbocycles. The van der Waals surface area contributed by atoms with Gasteiger partial charge in [0.2, 0.25) is 5.88 Å². The van der Waals surface area contributed by atoms with Crippen LogP contribution in [0.1, 0.15) is 50.5 Å². The Morgan fingerprint density at radius 1 is 1.32 bits per heavy atom. The predicted molar refractivity (Wildman–Crippen MR) is 75.7 cm³/mol. The van der Waals surface area contributed by atoms with Gasteiger partial charge >= 0.3 is 7.12 Å². The molecule has 19 heavy (non-hydrogen) atoms. The number of hydrogen-bond acceptors (Lipinski definition) is 4. The normalized spacial score (nSPS) is 28.2. The van der Waals surface area contributed by atoms with E-state index < -0.39 is 38.1 Å². The van der Waals surface area contributed by atoms with Crippen LogP contribution in [-0.4, -0.2) is 29.9 Å². The number of hydrogen-bond donors (Lipinski definition) is 0. The molecule has 0 unspecified atom stereocenters. The van der Waals surface area contributed by atoms with Crippen molar-refractivity contribution in [1.82, 2.24) is 4.98 Å². The maximum atomic E-state index is 7.73. The summed E-state index contributed by atoms with van der Waals surface area (Å²) in [5.41, 5.74) is -0.876. The van der Waals surface area contributed by atoms with Gasteiger partial charge in [-0.05, 0) is 40.1 Å². The third-order valence-electron chi connectivity index (χ3n) is 3.45. The van der Waals surface area contributed by atoms with Crippen molar-refractivity contribution in [3.63, 3.8) is 0 Å². The van der Waals surface area contributed by atoms with E-state index in [0.29, 0.717) is 5.59 Å². The number of pyridine rings is 1. The summed E-state index contributed by atoms with van der Waals surface area (Å²) in [5, 5.41) is 0. The molecule has 0 aliphatic carbocycles. The van der Waals surface area contributed by atoms with E-state index in [1.807, 2.05) is 27.7 Å². The average molecular weight is 270 g/mol. The molecule has 1 aromatic rings. The van der Waals surface area contributed by atoms with Crippen LogP contribution < -0.4 is 10.3 Å². The molecule has 0 atom stereocenters. The van der Waals surface area contributed by atoms with Gasteiger partial charge in [0, 0.05) is 12.9 Å². The molecule has 2 rings (SSSR count). The smallest absolute Gasteiger partial charge is 0.478 e. The van der Waals surface area contributed by atoms with Crippen molar-refractivity contribution in [1.29, 1.82) is 0 Å². The van der Waals surface area contributed by atoms with Crippen molar-refractivity contribution in [2.24, 2.45) is 0 Å². The van der Waals surface area contributed by atoms with Crippen LogP contribution in [0.4, 0.5) is 0 Å². The van der Waals surface area contributed by atoms with Crippen molar-refractivity contribution in [2.75, 3.05) is 6.56 Å². The largest absolute Gasteiger partial charge is 0.514 e. The standard InChI is InChI=1S/C14H22BNO3/c1-6-10-17-12-9-7-8-11(16-12)15-18-13(2,3)14(4,5)19-15/h7-9H,6,10H2,1-5H3/i1D3,6D2,10D2. The predicted octanol–water partition coefficient (Wildman–Crippen LogP) is 2.17. The van der Waals surface area contributed by atoms with E-state index in [1.54, 1.807) is 6.07 Å². The number of rotatable bonds is 4. The quantitative estimate of drug-likeness (QED) is 0.786. The van der Waals surface area contributed by atoms with Crippen molar-refractivity contribution >= 4 is 12.7 Å². The highest BCUT2D eigenvalue weighted by Gasteiger charge is 2.52. The van der Waals surface area contributed by atoms with E-state index in [2.05, 4.69) is 4.98 Å². The fourth-order valence-electron chi connectivity index (χ4n) is 1.66. The van der Waals surface area contributed by atoms with Crippen LogP contribution in [0, 0.1) is 0 Å². The molecule has 1 saturated heterocycles. The summed E-state index contributed by atoms with van der Waals surface area (Å²) in [7, 11) is -0.811. The number of nitrogens with zero attached hydrogens (tertiary/aromatic N) is 1. The molecule has 1 fully saturated rings. The Labute approximate surface area is 125 Å². The maximum Gasteiger partial charge on any atom is 0.514 e. The SMILES string of the molecule is [2H]C([2H])([2H])C([2H])([2H])C([2H])([2H])Oc1cccc(B2OC(C)(C)C(C)(C)O2)n1. The summed E-state index contributed by atoms with van der Waals surface area (Å²) in [6.45, 7) is 1.15. The van der Waals surface area contributed by atoms with Crippen LogP contribution in [0.2, 0.25) is 0 Å². The van der Waals surface area contributed by atoms with Crippen LogP contribution >= 0.6 is 0 Å². The van der Waals surface area contributed by atoms with E-state index >= 15 is 0 Å². The van der Waals surface area contributed by atoms with Crippen LogP contribution in [0.15, 0.2) is 18.2 Å². The first kappa shape index (κ1) is 7.65. The number of aromatic nitrogens is 1. The van der Waals surface area contributed by atoms with Gasteiger partial charge in [0.15, 0.2) is 0 Å². The highest BCUT2D eigenvalue weighted by Crippen LogP contribution is 2.36. The molecule has 1 aliphatic heterocycles. The molecule has 104 valence electrons.